The van der Waals surface area contributed by atoms with Crippen LogP contribution in [-0.4, -0.2) is 26.1 Å². The van der Waals surface area contributed by atoms with Crippen LogP contribution in [0.4, 0.5) is 0 Å². The van der Waals surface area contributed by atoms with E-state index in [4.69, 9.17) is 15.9 Å². The van der Waals surface area contributed by atoms with Crippen LogP contribution in [-0.2, 0) is 23.9 Å². The summed E-state index contributed by atoms with van der Waals surface area (Å²) in [4.78, 5) is 0. The molecule has 0 amide bonds. The monoisotopic (exact) mass is 606 g/mol. The number of hydrogen-bond acceptors (Lipinski definition) is 4. The first-order chi connectivity index (χ1) is 22.2. The van der Waals surface area contributed by atoms with Gasteiger partial charge in [0.05, 0.1) is 47.3 Å². The van der Waals surface area contributed by atoms with Crippen molar-refractivity contribution in [3.8, 4) is 28.6 Å². The van der Waals surface area contributed by atoms with Crippen LogP contribution in [0.15, 0.2) is 133 Å². The Hall–Kier alpha value is -5.25. The first kappa shape index (κ1) is 32.2. The van der Waals surface area contributed by atoms with Gasteiger partial charge in [-0.2, -0.15) is 15.5 Å². The molecule has 6 heteroatoms. The molecule has 0 unspecified atom stereocenters. The Morgan fingerprint density at radius 1 is 0.587 bits per heavy atom. The first-order valence-corrected chi connectivity index (χ1v) is 15.7. The molecule has 0 saturated heterocycles. The van der Waals surface area contributed by atoms with E-state index in [1.807, 2.05) is 73.1 Å². The zero-order valence-corrected chi connectivity index (χ0v) is 27.1. The van der Waals surface area contributed by atoms with E-state index in [2.05, 4.69) is 103 Å². The summed E-state index contributed by atoms with van der Waals surface area (Å²) >= 11 is 0. The standard InChI is InChI=1S/C20H23N3.C20H19N3/c2*1-20(2,15-21)19-13-18(17-11-7-4-8-12-17)23(22-19)14-16-9-5-3-6-10-16/h3-13H,14-15,21H2,1-2H3;3-13H,14H2,1-2H3. The largest absolute Gasteiger partial charge is 0.330 e. The van der Waals surface area contributed by atoms with Crippen LogP contribution < -0.4 is 5.73 Å². The molecule has 0 aliphatic rings. The Kier molecular flexibility index (Phi) is 9.95. The van der Waals surface area contributed by atoms with Crippen molar-refractivity contribution in [1.82, 2.24) is 19.6 Å². The highest BCUT2D eigenvalue weighted by atomic mass is 15.3. The van der Waals surface area contributed by atoms with Gasteiger partial charge in [0.25, 0.3) is 0 Å². The number of aromatic nitrogens is 4. The van der Waals surface area contributed by atoms with E-state index >= 15 is 0 Å². The lowest BCUT2D eigenvalue weighted by Gasteiger charge is -2.19. The predicted octanol–water partition coefficient (Wildman–Crippen LogP) is 8.23. The maximum Gasteiger partial charge on any atom is 0.0955 e. The maximum absolute atomic E-state index is 9.41. The number of hydrogen-bond donors (Lipinski definition) is 1. The van der Waals surface area contributed by atoms with Crippen LogP contribution in [0.3, 0.4) is 0 Å². The highest BCUT2D eigenvalue weighted by Crippen LogP contribution is 2.29. The minimum atomic E-state index is -0.606. The summed E-state index contributed by atoms with van der Waals surface area (Å²) < 4.78 is 4.07. The highest BCUT2D eigenvalue weighted by molar-refractivity contribution is 5.61. The SMILES string of the molecule is CC(C)(C#N)c1cc(-c2ccccc2)n(Cc2ccccc2)n1.CC(C)(CN)c1cc(-c2ccccc2)n(Cc2ccccc2)n1. The van der Waals surface area contributed by atoms with E-state index in [-0.39, 0.29) is 5.41 Å². The van der Waals surface area contributed by atoms with Crippen LogP contribution in [0.1, 0.15) is 50.2 Å². The second kappa shape index (κ2) is 14.2. The number of nitrogens with two attached hydrogens (primary N) is 1. The molecule has 4 aromatic carbocycles. The fourth-order valence-electron chi connectivity index (χ4n) is 5.07. The molecule has 0 spiro atoms. The lowest BCUT2D eigenvalue weighted by atomic mass is 9.89. The zero-order chi connectivity index (χ0) is 32.6. The van der Waals surface area contributed by atoms with Crippen LogP contribution in [0.25, 0.3) is 22.5 Å². The summed E-state index contributed by atoms with van der Waals surface area (Å²) in [5, 5.41) is 19.0. The van der Waals surface area contributed by atoms with Gasteiger partial charge in [0.1, 0.15) is 0 Å². The third-order valence-electron chi connectivity index (χ3n) is 8.17. The van der Waals surface area contributed by atoms with E-state index in [0.29, 0.717) is 13.1 Å². The van der Waals surface area contributed by atoms with Crippen molar-refractivity contribution in [1.29, 1.82) is 5.26 Å². The van der Waals surface area contributed by atoms with Gasteiger partial charge in [-0.25, -0.2) is 0 Å². The van der Waals surface area contributed by atoms with Gasteiger partial charge in [0, 0.05) is 12.0 Å². The van der Waals surface area contributed by atoms with E-state index < -0.39 is 5.41 Å². The van der Waals surface area contributed by atoms with E-state index in [1.54, 1.807) is 0 Å². The molecule has 46 heavy (non-hydrogen) atoms. The first-order valence-electron chi connectivity index (χ1n) is 15.7. The Morgan fingerprint density at radius 3 is 1.35 bits per heavy atom. The molecule has 0 aliphatic carbocycles. The number of benzene rings is 4. The summed E-state index contributed by atoms with van der Waals surface area (Å²) in [6.45, 7) is 10.1. The second-order valence-electron chi connectivity index (χ2n) is 12.7. The summed E-state index contributed by atoms with van der Waals surface area (Å²) in [5.74, 6) is 0. The summed E-state index contributed by atoms with van der Waals surface area (Å²) in [5.41, 5.74) is 13.9. The molecule has 6 rings (SSSR count). The van der Waals surface area contributed by atoms with Crippen molar-refractivity contribution in [2.45, 2.75) is 51.6 Å². The van der Waals surface area contributed by atoms with Crippen molar-refractivity contribution in [2.24, 2.45) is 5.73 Å². The smallest absolute Gasteiger partial charge is 0.0955 e. The maximum atomic E-state index is 9.41. The average molecular weight is 607 g/mol. The molecule has 0 bridgehead atoms. The lowest BCUT2D eigenvalue weighted by Crippen LogP contribution is -2.28. The van der Waals surface area contributed by atoms with E-state index in [1.165, 1.54) is 16.7 Å². The van der Waals surface area contributed by atoms with Crippen molar-refractivity contribution in [2.75, 3.05) is 6.54 Å². The molecule has 0 fully saturated rings. The van der Waals surface area contributed by atoms with Crippen LogP contribution >= 0.6 is 0 Å². The topological polar surface area (TPSA) is 85.5 Å². The fourth-order valence-corrected chi connectivity index (χ4v) is 5.07. The van der Waals surface area contributed by atoms with Crippen molar-refractivity contribution >= 4 is 0 Å². The van der Waals surface area contributed by atoms with Crippen molar-refractivity contribution < 1.29 is 0 Å². The van der Waals surface area contributed by atoms with E-state index in [0.717, 1.165) is 34.9 Å². The Bertz CT molecular complexity index is 1860. The van der Waals surface area contributed by atoms with Gasteiger partial charge in [-0.1, -0.05) is 135 Å². The molecule has 6 nitrogen and oxygen atoms in total. The van der Waals surface area contributed by atoms with Gasteiger partial charge < -0.3 is 5.73 Å². The van der Waals surface area contributed by atoms with Gasteiger partial charge >= 0.3 is 0 Å². The highest BCUT2D eigenvalue weighted by Gasteiger charge is 2.26. The quantitative estimate of drug-likeness (QED) is 0.180. The third-order valence-corrected chi connectivity index (χ3v) is 8.17. The Labute approximate surface area is 272 Å². The van der Waals surface area contributed by atoms with Gasteiger partial charge in [-0.05, 0) is 48.2 Å². The molecule has 0 atom stereocenters. The summed E-state index contributed by atoms with van der Waals surface area (Å²) in [6.07, 6.45) is 0. The van der Waals surface area contributed by atoms with Crippen molar-refractivity contribution in [3.05, 3.63) is 156 Å². The molecule has 0 saturated carbocycles. The van der Waals surface area contributed by atoms with Gasteiger partial charge in [-0.15, -0.1) is 0 Å². The molecule has 2 aromatic heterocycles. The minimum Gasteiger partial charge on any atom is -0.330 e. The molecular weight excluding hydrogens is 564 g/mol. The third kappa shape index (κ3) is 7.69. The Morgan fingerprint density at radius 2 is 0.957 bits per heavy atom. The van der Waals surface area contributed by atoms with Gasteiger partial charge in [0.2, 0.25) is 0 Å². The molecular formula is C40H42N6. The van der Waals surface area contributed by atoms with Gasteiger partial charge in [0.15, 0.2) is 0 Å². The molecule has 232 valence electrons. The summed E-state index contributed by atoms with van der Waals surface area (Å²) in [6, 6.07) is 47.8. The zero-order valence-electron chi connectivity index (χ0n) is 27.1. The normalized spacial score (nSPS) is 11.4. The summed E-state index contributed by atoms with van der Waals surface area (Å²) in [7, 11) is 0. The minimum absolute atomic E-state index is 0.133. The van der Waals surface area contributed by atoms with Crippen LogP contribution in [0.2, 0.25) is 0 Å². The fraction of sp³-hybridized carbons (Fsp3) is 0.225. The molecule has 0 aliphatic heterocycles. The lowest BCUT2D eigenvalue weighted by molar-refractivity contribution is 0.507. The predicted molar refractivity (Wildman–Crippen MR) is 187 cm³/mol. The Balaban J connectivity index is 0.000000181. The second-order valence-corrected chi connectivity index (χ2v) is 12.7. The van der Waals surface area contributed by atoms with E-state index in [9.17, 15) is 5.26 Å². The molecule has 6 aromatic rings. The van der Waals surface area contributed by atoms with Crippen molar-refractivity contribution in [3.63, 3.8) is 0 Å². The average Bonchev–Trinajstić information content (AvgIpc) is 3.72. The molecule has 2 heterocycles. The molecule has 0 radical (unpaired) electrons. The molecule has 2 N–H and O–H groups in total. The number of rotatable bonds is 9. The van der Waals surface area contributed by atoms with Crippen LogP contribution in [0, 0.1) is 11.3 Å². The number of nitrogens with zero attached hydrogens (tertiary/aromatic N) is 5. The van der Waals surface area contributed by atoms with Gasteiger partial charge in [-0.3, -0.25) is 9.36 Å². The number of nitriles is 1. The van der Waals surface area contributed by atoms with Crippen LogP contribution in [0.5, 0.6) is 0 Å².